The van der Waals surface area contributed by atoms with E-state index >= 15 is 0 Å². The van der Waals surface area contributed by atoms with Crippen LogP contribution in [0.15, 0.2) is 15.3 Å². The lowest BCUT2D eigenvalue weighted by atomic mass is 9.91. The summed E-state index contributed by atoms with van der Waals surface area (Å²) in [5.74, 6) is -2.13. The van der Waals surface area contributed by atoms with E-state index in [1.165, 1.54) is 13.2 Å². The number of aromatic hydroxyl groups is 1. The van der Waals surface area contributed by atoms with Crippen molar-refractivity contribution in [3.05, 3.63) is 33.2 Å². The summed E-state index contributed by atoms with van der Waals surface area (Å²) in [6, 6.07) is 1.19. The van der Waals surface area contributed by atoms with Crippen LogP contribution < -0.4 is 10.4 Å². The maximum Gasteiger partial charge on any atom is 0.347 e. The first kappa shape index (κ1) is 16.8. The SMILES string of the molecule is COc1cc(O)c(C(C=O)C(O)C=O)c2oc(=O)c3c(c12)CCC3=O. The Bertz CT molecular complexity index is 955. The number of methoxy groups -OCH3 is 1. The molecule has 2 atom stereocenters. The fourth-order valence-electron chi connectivity index (χ4n) is 3.20. The van der Waals surface area contributed by atoms with Crippen molar-refractivity contribution in [3.63, 3.8) is 0 Å². The number of benzene rings is 1. The first-order valence-electron chi connectivity index (χ1n) is 7.46. The molecule has 3 rings (SSSR count). The van der Waals surface area contributed by atoms with E-state index in [-0.39, 0.29) is 59.0 Å². The third-order valence-electron chi connectivity index (χ3n) is 4.35. The highest BCUT2D eigenvalue weighted by Gasteiger charge is 2.33. The largest absolute Gasteiger partial charge is 0.507 e. The van der Waals surface area contributed by atoms with E-state index in [2.05, 4.69) is 0 Å². The number of rotatable bonds is 5. The minimum Gasteiger partial charge on any atom is -0.507 e. The molecule has 1 heterocycles. The van der Waals surface area contributed by atoms with Crippen LogP contribution in [0.25, 0.3) is 11.0 Å². The van der Waals surface area contributed by atoms with Crippen molar-refractivity contribution in [1.82, 2.24) is 0 Å². The van der Waals surface area contributed by atoms with Crippen molar-refractivity contribution >= 4 is 29.3 Å². The van der Waals surface area contributed by atoms with Gasteiger partial charge >= 0.3 is 5.63 Å². The number of fused-ring (bicyclic) bond motifs is 3. The van der Waals surface area contributed by atoms with Gasteiger partial charge in [0, 0.05) is 12.5 Å². The number of hydrogen-bond donors (Lipinski definition) is 2. The monoisotopic (exact) mass is 346 g/mol. The van der Waals surface area contributed by atoms with Gasteiger partial charge in [0.1, 0.15) is 41.3 Å². The third kappa shape index (κ3) is 2.42. The summed E-state index contributed by atoms with van der Waals surface area (Å²) in [5.41, 5.74) is -0.970. The van der Waals surface area contributed by atoms with Gasteiger partial charge in [-0.05, 0) is 12.0 Å². The molecule has 0 fully saturated rings. The number of Topliss-reactive ketones (excluding diaryl/α,β-unsaturated/α-hetero) is 1. The van der Waals surface area contributed by atoms with E-state index in [1.54, 1.807) is 0 Å². The van der Waals surface area contributed by atoms with Crippen LogP contribution in [0.1, 0.15) is 33.8 Å². The molecular weight excluding hydrogens is 332 g/mol. The van der Waals surface area contributed by atoms with Crippen LogP contribution in [0.4, 0.5) is 0 Å². The van der Waals surface area contributed by atoms with Crippen molar-refractivity contribution in [3.8, 4) is 11.5 Å². The average molecular weight is 346 g/mol. The van der Waals surface area contributed by atoms with Gasteiger partial charge in [0.2, 0.25) is 0 Å². The Morgan fingerprint density at radius 2 is 1.96 bits per heavy atom. The molecule has 2 aromatic rings. The summed E-state index contributed by atoms with van der Waals surface area (Å²) in [6.07, 6.45) is -0.909. The third-order valence-corrected chi connectivity index (χ3v) is 4.35. The second-order valence-electron chi connectivity index (χ2n) is 5.67. The van der Waals surface area contributed by atoms with E-state index in [0.29, 0.717) is 5.56 Å². The average Bonchev–Trinajstić information content (AvgIpc) is 2.99. The molecule has 0 bridgehead atoms. The van der Waals surface area contributed by atoms with E-state index in [4.69, 9.17) is 9.15 Å². The van der Waals surface area contributed by atoms with Gasteiger partial charge in [0.05, 0.1) is 24.0 Å². The van der Waals surface area contributed by atoms with Gasteiger partial charge in [-0.2, -0.15) is 0 Å². The Hall–Kier alpha value is -3.00. The molecule has 8 nitrogen and oxygen atoms in total. The van der Waals surface area contributed by atoms with Crippen molar-refractivity contribution in [2.45, 2.75) is 24.9 Å². The lowest BCUT2D eigenvalue weighted by Crippen LogP contribution is -2.22. The molecule has 1 aromatic heterocycles. The quantitative estimate of drug-likeness (QED) is 0.590. The smallest absolute Gasteiger partial charge is 0.347 e. The fourth-order valence-corrected chi connectivity index (χ4v) is 3.20. The Balaban J connectivity index is 2.48. The first-order valence-corrected chi connectivity index (χ1v) is 7.46. The normalized spacial score (nSPS) is 15.7. The van der Waals surface area contributed by atoms with Crippen molar-refractivity contribution < 1.29 is 33.8 Å². The molecule has 130 valence electrons. The Kier molecular flexibility index (Phi) is 4.13. The molecule has 2 N–H and O–H groups in total. The maximum atomic E-state index is 12.2. The highest BCUT2D eigenvalue weighted by atomic mass is 16.5. The molecular formula is C17H14O8. The topological polar surface area (TPSA) is 131 Å². The van der Waals surface area contributed by atoms with E-state index in [0.717, 1.165) is 0 Å². The van der Waals surface area contributed by atoms with Crippen molar-refractivity contribution in [1.29, 1.82) is 0 Å². The summed E-state index contributed by atoms with van der Waals surface area (Å²) in [7, 11) is 1.33. The minimum absolute atomic E-state index is 0.0824. The highest BCUT2D eigenvalue weighted by molar-refractivity contribution is 6.06. The van der Waals surface area contributed by atoms with Crippen LogP contribution >= 0.6 is 0 Å². The number of carbonyl (C=O) groups is 3. The Labute approximate surface area is 140 Å². The fraction of sp³-hybridized carbons (Fsp3) is 0.294. The molecule has 1 aliphatic rings. The van der Waals surface area contributed by atoms with Gasteiger partial charge < -0.3 is 29.0 Å². The number of aryl methyl sites for hydroxylation is 1. The molecule has 0 saturated heterocycles. The maximum absolute atomic E-state index is 12.2. The standard InChI is InChI=1S/C17H14O8/c1-24-12-4-10(21)13(8(5-18)11(22)6-19)16-15(12)7-2-3-9(20)14(7)17(23)25-16/h4-6,8,11,21-22H,2-3H2,1H3. The molecule has 1 aromatic carbocycles. The lowest BCUT2D eigenvalue weighted by molar-refractivity contribution is -0.120. The number of phenolic OH excluding ortho intramolecular Hbond substituents is 1. The van der Waals surface area contributed by atoms with E-state index in [9.17, 15) is 29.4 Å². The first-order chi connectivity index (χ1) is 11.9. The molecule has 8 heteroatoms. The van der Waals surface area contributed by atoms with E-state index in [1.807, 2.05) is 0 Å². The van der Waals surface area contributed by atoms with Crippen LogP contribution in [-0.2, 0) is 16.0 Å². The van der Waals surface area contributed by atoms with Gasteiger partial charge in [-0.3, -0.25) is 4.79 Å². The highest BCUT2D eigenvalue weighted by Crippen LogP contribution is 2.42. The molecule has 0 aliphatic heterocycles. The summed E-state index contributed by atoms with van der Waals surface area (Å²) < 4.78 is 10.4. The summed E-state index contributed by atoms with van der Waals surface area (Å²) in [4.78, 5) is 46.4. The number of aliphatic hydroxyl groups excluding tert-OH is 1. The summed E-state index contributed by atoms with van der Waals surface area (Å²) in [5, 5.41) is 20.3. The molecule has 25 heavy (non-hydrogen) atoms. The second kappa shape index (κ2) is 6.14. The van der Waals surface area contributed by atoms with Gasteiger partial charge in [-0.15, -0.1) is 0 Å². The van der Waals surface area contributed by atoms with E-state index < -0.39 is 23.4 Å². The number of ether oxygens (including phenoxy) is 1. The molecule has 1 aliphatic carbocycles. The van der Waals surface area contributed by atoms with Gasteiger partial charge in [0.15, 0.2) is 5.78 Å². The molecule has 2 unspecified atom stereocenters. The zero-order valence-electron chi connectivity index (χ0n) is 13.1. The number of aldehydes is 2. The lowest BCUT2D eigenvalue weighted by Gasteiger charge is -2.18. The summed E-state index contributed by atoms with van der Waals surface area (Å²) in [6.45, 7) is 0. The van der Waals surface area contributed by atoms with Crippen molar-refractivity contribution in [2.24, 2.45) is 0 Å². The zero-order valence-corrected chi connectivity index (χ0v) is 13.1. The minimum atomic E-state index is -1.74. The number of aliphatic hydroxyl groups is 1. The second-order valence-corrected chi connectivity index (χ2v) is 5.67. The van der Waals surface area contributed by atoms with Crippen molar-refractivity contribution in [2.75, 3.05) is 7.11 Å². The van der Waals surface area contributed by atoms with Crippen LogP contribution in [0.3, 0.4) is 0 Å². The van der Waals surface area contributed by atoms with Crippen LogP contribution in [0.5, 0.6) is 11.5 Å². The molecule has 0 saturated carbocycles. The predicted octanol–water partition coefficient (Wildman–Crippen LogP) is 0.478. The number of carbonyl (C=O) groups excluding carboxylic acids is 3. The predicted molar refractivity (Wildman–Crippen MR) is 84.2 cm³/mol. The Morgan fingerprint density at radius 3 is 2.56 bits per heavy atom. The number of hydrogen-bond acceptors (Lipinski definition) is 8. The molecule has 0 amide bonds. The molecule has 0 spiro atoms. The molecule has 0 radical (unpaired) electrons. The van der Waals surface area contributed by atoms with Gasteiger partial charge in [0.25, 0.3) is 0 Å². The van der Waals surface area contributed by atoms with Crippen LogP contribution in [0.2, 0.25) is 0 Å². The number of ketones is 1. The summed E-state index contributed by atoms with van der Waals surface area (Å²) >= 11 is 0. The van der Waals surface area contributed by atoms with Gasteiger partial charge in [-0.1, -0.05) is 0 Å². The zero-order chi connectivity index (χ0) is 18.3. The van der Waals surface area contributed by atoms with Gasteiger partial charge in [-0.25, -0.2) is 4.79 Å². The number of phenols is 1. The van der Waals surface area contributed by atoms with Crippen LogP contribution in [0, 0.1) is 0 Å². The van der Waals surface area contributed by atoms with Crippen LogP contribution in [-0.4, -0.2) is 41.8 Å². The Morgan fingerprint density at radius 1 is 1.24 bits per heavy atom.